The molecular weight excluding hydrogens is 239 g/mol. The quantitative estimate of drug-likeness (QED) is 0.852. The third-order valence-corrected chi connectivity index (χ3v) is 3.22. The summed E-state index contributed by atoms with van der Waals surface area (Å²) >= 11 is 0. The van der Waals surface area contributed by atoms with E-state index < -0.39 is 0 Å². The number of hydrogen-bond acceptors (Lipinski definition) is 2. The summed E-state index contributed by atoms with van der Waals surface area (Å²) < 4.78 is 13.1. The summed E-state index contributed by atoms with van der Waals surface area (Å²) in [6.07, 6.45) is 0.793. The lowest BCUT2D eigenvalue weighted by atomic mass is 10.1. The zero-order valence-electron chi connectivity index (χ0n) is 11.4. The first-order valence-corrected chi connectivity index (χ1v) is 6.38. The van der Waals surface area contributed by atoms with E-state index in [-0.39, 0.29) is 5.82 Å². The van der Waals surface area contributed by atoms with Crippen LogP contribution in [0, 0.1) is 12.7 Å². The second-order valence-electron chi connectivity index (χ2n) is 4.86. The summed E-state index contributed by atoms with van der Waals surface area (Å²) in [6, 6.07) is 12.7. The van der Waals surface area contributed by atoms with Crippen molar-refractivity contribution < 1.29 is 4.39 Å². The van der Waals surface area contributed by atoms with E-state index in [0.29, 0.717) is 0 Å². The number of nitrogens with zero attached hydrogens (tertiary/aromatic N) is 1. The van der Waals surface area contributed by atoms with Gasteiger partial charge in [0.15, 0.2) is 0 Å². The number of nitrogens with two attached hydrogens (primary N) is 1. The van der Waals surface area contributed by atoms with Gasteiger partial charge in [0.2, 0.25) is 0 Å². The second-order valence-corrected chi connectivity index (χ2v) is 4.86. The van der Waals surface area contributed by atoms with Crippen molar-refractivity contribution in [1.29, 1.82) is 0 Å². The molecule has 0 saturated heterocycles. The Morgan fingerprint density at radius 1 is 1.16 bits per heavy atom. The van der Waals surface area contributed by atoms with Crippen molar-refractivity contribution in [3.05, 3.63) is 59.4 Å². The fraction of sp³-hybridized carbons (Fsp3) is 0.250. The number of rotatable bonds is 4. The molecule has 19 heavy (non-hydrogen) atoms. The fourth-order valence-corrected chi connectivity index (χ4v) is 2.09. The predicted molar refractivity (Wildman–Crippen MR) is 79.0 cm³/mol. The summed E-state index contributed by atoms with van der Waals surface area (Å²) in [6.45, 7) is 2.85. The highest BCUT2D eigenvalue weighted by Crippen LogP contribution is 2.23. The maximum absolute atomic E-state index is 13.1. The van der Waals surface area contributed by atoms with Crippen LogP contribution in [0.4, 0.5) is 15.8 Å². The van der Waals surface area contributed by atoms with Gasteiger partial charge in [0.05, 0.1) is 11.4 Å². The molecule has 0 unspecified atom stereocenters. The molecule has 0 amide bonds. The molecule has 2 nitrogen and oxygen atoms in total. The Kier molecular flexibility index (Phi) is 4.05. The summed E-state index contributed by atoms with van der Waals surface area (Å²) in [5.41, 5.74) is 9.96. The number of halogens is 1. The zero-order valence-corrected chi connectivity index (χ0v) is 11.4. The molecule has 0 fully saturated rings. The van der Waals surface area contributed by atoms with Crippen LogP contribution in [-0.4, -0.2) is 13.6 Å². The Labute approximate surface area is 113 Å². The van der Waals surface area contributed by atoms with Gasteiger partial charge < -0.3 is 10.6 Å². The predicted octanol–water partition coefficient (Wildman–Crippen LogP) is 3.40. The number of anilines is 2. The van der Waals surface area contributed by atoms with Gasteiger partial charge in [-0.3, -0.25) is 0 Å². The van der Waals surface area contributed by atoms with Crippen molar-refractivity contribution in [3.63, 3.8) is 0 Å². The molecule has 2 aromatic carbocycles. The number of benzene rings is 2. The Morgan fingerprint density at radius 3 is 2.68 bits per heavy atom. The molecule has 2 aromatic rings. The molecule has 0 atom stereocenters. The van der Waals surface area contributed by atoms with E-state index in [0.717, 1.165) is 29.9 Å². The monoisotopic (exact) mass is 258 g/mol. The molecule has 0 radical (unpaired) electrons. The van der Waals surface area contributed by atoms with Gasteiger partial charge in [0.1, 0.15) is 5.82 Å². The zero-order chi connectivity index (χ0) is 13.8. The molecule has 0 spiro atoms. The standard InChI is InChI=1S/C16H19FN2/c1-12-6-7-15(18)16(10-12)19(2)9-8-13-4-3-5-14(17)11-13/h3-7,10-11H,8-9,18H2,1-2H3. The first-order valence-electron chi connectivity index (χ1n) is 6.38. The molecule has 2 N–H and O–H groups in total. The summed E-state index contributed by atoms with van der Waals surface area (Å²) in [5, 5.41) is 0. The van der Waals surface area contributed by atoms with Gasteiger partial charge >= 0.3 is 0 Å². The largest absolute Gasteiger partial charge is 0.397 e. The minimum Gasteiger partial charge on any atom is -0.397 e. The first-order chi connectivity index (χ1) is 9.06. The molecule has 0 aliphatic heterocycles. The molecule has 3 heteroatoms. The van der Waals surface area contributed by atoms with E-state index in [4.69, 9.17) is 5.73 Å². The Hall–Kier alpha value is -2.03. The average molecular weight is 258 g/mol. The average Bonchev–Trinajstić information content (AvgIpc) is 2.39. The smallest absolute Gasteiger partial charge is 0.123 e. The van der Waals surface area contributed by atoms with Crippen molar-refractivity contribution in [2.75, 3.05) is 24.2 Å². The molecule has 2 rings (SSSR count). The molecule has 0 heterocycles. The second kappa shape index (κ2) is 5.74. The summed E-state index contributed by atoms with van der Waals surface area (Å²) in [7, 11) is 2.00. The van der Waals surface area contributed by atoms with Crippen molar-refractivity contribution in [3.8, 4) is 0 Å². The van der Waals surface area contributed by atoms with E-state index in [9.17, 15) is 4.39 Å². The van der Waals surface area contributed by atoms with Gasteiger partial charge in [-0.2, -0.15) is 0 Å². The van der Waals surface area contributed by atoms with Crippen LogP contribution in [0.5, 0.6) is 0 Å². The Bertz CT molecular complexity index is 566. The lowest BCUT2D eigenvalue weighted by Crippen LogP contribution is -2.21. The topological polar surface area (TPSA) is 29.3 Å². The summed E-state index contributed by atoms with van der Waals surface area (Å²) in [4.78, 5) is 2.10. The number of nitrogen functional groups attached to an aromatic ring is 1. The first kappa shape index (κ1) is 13.4. The Balaban J connectivity index is 2.05. The molecule has 0 saturated carbocycles. The highest BCUT2D eigenvalue weighted by atomic mass is 19.1. The highest BCUT2D eigenvalue weighted by molar-refractivity contribution is 5.68. The van der Waals surface area contributed by atoms with Crippen molar-refractivity contribution in [1.82, 2.24) is 0 Å². The molecular formula is C16H19FN2. The van der Waals surface area contributed by atoms with Crippen LogP contribution in [0.1, 0.15) is 11.1 Å². The maximum atomic E-state index is 13.1. The van der Waals surface area contributed by atoms with E-state index in [2.05, 4.69) is 11.0 Å². The number of hydrogen-bond donors (Lipinski definition) is 1. The Morgan fingerprint density at radius 2 is 1.95 bits per heavy atom. The lowest BCUT2D eigenvalue weighted by Gasteiger charge is -2.21. The van der Waals surface area contributed by atoms with Gasteiger partial charge in [-0.15, -0.1) is 0 Å². The van der Waals surface area contributed by atoms with E-state index in [1.165, 1.54) is 11.6 Å². The number of likely N-dealkylation sites (N-methyl/N-ethyl adjacent to an activating group) is 1. The maximum Gasteiger partial charge on any atom is 0.123 e. The molecule has 0 aliphatic rings. The van der Waals surface area contributed by atoms with Crippen molar-refractivity contribution >= 4 is 11.4 Å². The summed E-state index contributed by atoms with van der Waals surface area (Å²) in [5.74, 6) is -0.185. The van der Waals surface area contributed by atoms with Crippen LogP contribution in [0.3, 0.4) is 0 Å². The van der Waals surface area contributed by atoms with Crippen LogP contribution < -0.4 is 10.6 Å². The van der Waals surface area contributed by atoms with Crippen molar-refractivity contribution in [2.45, 2.75) is 13.3 Å². The van der Waals surface area contributed by atoms with E-state index in [1.54, 1.807) is 12.1 Å². The van der Waals surface area contributed by atoms with Crippen LogP contribution in [0.2, 0.25) is 0 Å². The van der Waals surface area contributed by atoms with Crippen LogP contribution in [-0.2, 0) is 6.42 Å². The van der Waals surface area contributed by atoms with Crippen LogP contribution in [0.15, 0.2) is 42.5 Å². The normalized spacial score (nSPS) is 10.5. The lowest BCUT2D eigenvalue weighted by molar-refractivity contribution is 0.625. The van der Waals surface area contributed by atoms with Crippen molar-refractivity contribution in [2.24, 2.45) is 0 Å². The van der Waals surface area contributed by atoms with Gasteiger partial charge in [-0.25, -0.2) is 4.39 Å². The highest BCUT2D eigenvalue weighted by Gasteiger charge is 2.06. The van der Waals surface area contributed by atoms with Gasteiger partial charge in [0, 0.05) is 13.6 Å². The molecule has 0 aromatic heterocycles. The fourth-order valence-electron chi connectivity index (χ4n) is 2.09. The minimum atomic E-state index is -0.185. The van der Waals surface area contributed by atoms with Crippen LogP contribution >= 0.6 is 0 Å². The SMILES string of the molecule is Cc1ccc(N)c(N(C)CCc2cccc(F)c2)c1. The third kappa shape index (κ3) is 3.47. The van der Waals surface area contributed by atoms with E-state index in [1.807, 2.05) is 32.2 Å². The minimum absolute atomic E-state index is 0.185. The van der Waals surface area contributed by atoms with E-state index >= 15 is 0 Å². The molecule has 0 aliphatic carbocycles. The number of aryl methyl sites for hydroxylation is 1. The van der Waals surface area contributed by atoms with Crippen LogP contribution in [0.25, 0.3) is 0 Å². The van der Waals surface area contributed by atoms with Gasteiger partial charge in [-0.1, -0.05) is 18.2 Å². The molecule has 100 valence electrons. The van der Waals surface area contributed by atoms with Gasteiger partial charge in [-0.05, 0) is 48.7 Å². The molecule has 0 bridgehead atoms. The third-order valence-electron chi connectivity index (χ3n) is 3.22. The van der Waals surface area contributed by atoms with Gasteiger partial charge in [0.25, 0.3) is 0 Å².